The van der Waals surface area contributed by atoms with Gasteiger partial charge in [0.1, 0.15) is 11.5 Å². The molecule has 0 aliphatic heterocycles. The summed E-state index contributed by atoms with van der Waals surface area (Å²) in [5.41, 5.74) is 15.3. The zero-order valence-electron chi connectivity index (χ0n) is 26.1. The van der Waals surface area contributed by atoms with Crippen LogP contribution in [0.2, 0.25) is 0 Å². The number of hydrogen-bond acceptors (Lipinski definition) is 14. The second-order valence-corrected chi connectivity index (χ2v) is 12.2. The zero-order valence-corrected chi connectivity index (χ0v) is 27.8. The lowest BCUT2D eigenvalue weighted by Crippen LogP contribution is -2.05. The van der Waals surface area contributed by atoms with Gasteiger partial charge in [-0.2, -0.15) is 29.9 Å². The average molecular weight is 677 g/mol. The number of ether oxygens (including phenoxy) is 2. The van der Waals surface area contributed by atoms with Gasteiger partial charge in [-0.05, 0) is 62.4 Å². The molecule has 242 valence electrons. The maximum absolute atomic E-state index is 6.09. The Balaban J connectivity index is 1.19. The molecule has 0 unspecified atom stereocenters. The summed E-state index contributed by atoms with van der Waals surface area (Å²) in [6.45, 7) is 4.98. The minimum atomic E-state index is 0.105. The second-order valence-electron chi connectivity index (χ2n) is 10.0. The molecule has 0 spiro atoms. The van der Waals surface area contributed by atoms with E-state index in [1.54, 1.807) is 21.6 Å². The molecule has 14 heteroatoms. The Morgan fingerprint density at radius 1 is 0.542 bits per heavy atom. The van der Waals surface area contributed by atoms with Crippen molar-refractivity contribution in [2.24, 2.45) is 0 Å². The average Bonchev–Trinajstić information content (AvgIpc) is 3.08. The molecular formula is C34H32N10O2S2. The van der Waals surface area contributed by atoms with Gasteiger partial charge in [0, 0.05) is 20.9 Å². The van der Waals surface area contributed by atoms with Crippen molar-refractivity contribution in [3.05, 3.63) is 97.1 Å². The molecule has 4 aromatic carbocycles. The van der Waals surface area contributed by atoms with Crippen LogP contribution in [-0.2, 0) is 0 Å². The molecule has 0 saturated heterocycles. The molecule has 0 aliphatic rings. The Bertz CT molecular complexity index is 1890. The lowest BCUT2D eigenvalue weighted by molar-refractivity contribution is 0.340. The molecule has 0 amide bonds. The Morgan fingerprint density at radius 3 is 1.42 bits per heavy atom. The number of nitrogens with two attached hydrogens (primary N) is 2. The van der Waals surface area contributed by atoms with Gasteiger partial charge < -0.3 is 31.6 Å². The molecule has 6 N–H and O–H groups in total. The molecule has 2 heterocycles. The van der Waals surface area contributed by atoms with Crippen molar-refractivity contribution in [2.75, 3.05) is 35.3 Å². The molecule has 0 radical (unpaired) electrons. The predicted octanol–water partition coefficient (Wildman–Crippen LogP) is 7.64. The fourth-order valence-corrected chi connectivity index (χ4v) is 6.83. The van der Waals surface area contributed by atoms with Crippen molar-refractivity contribution < 1.29 is 9.47 Å². The SMILES string of the molecule is CCOc1cccc(-c2nc(N)nc(Nc3ccccc3SSc3ccccc3Nc3nc(N)nc(-c4cccc(OCC)c4)n3)n2)c1. The van der Waals surface area contributed by atoms with Gasteiger partial charge in [-0.15, -0.1) is 0 Å². The molecule has 0 saturated carbocycles. The van der Waals surface area contributed by atoms with Crippen molar-refractivity contribution in [3.8, 4) is 34.3 Å². The summed E-state index contributed by atoms with van der Waals surface area (Å²) >= 11 is 0. The third-order valence-electron chi connectivity index (χ3n) is 6.60. The highest BCUT2D eigenvalue weighted by atomic mass is 33.1. The molecule has 2 aromatic heterocycles. The minimum Gasteiger partial charge on any atom is -0.494 e. The maximum Gasteiger partial charge on any atom is 0.232 e. The highest BCUT2D eigenvalue weighted by Gasteiger charge is 2.14. The van der Waals surface area contributed by atoms with Crippen LogP contribution in [0, 0.1) is 0 Å². The van der Waals surface area contributed by atoms with Crippen LogP contribution in [0.4, 0.5) is 35.2 Å². The molecular weight excluding hydrogens is 645 g/mol. The number of nitrogen functional groups attached to an aromatic ring is 2. The first-order chi connectivity index (χ1) is 23.5. The minimum absolute atomic E-state index is 0.105. The summed E-state index contributed by atoms with van der Waals surface area (Å²) in [5, 5.41) is 6.64. The van der Waals surface area contributed by atoms with Crippen molar-refractivity contribution in [1.29, 1.82) is 0 Å². The van der Waals surface area contributed by atoms with E-state index in [0.29, 0.717) is 36.8 Å². The van der Waals surface area contributed by atoms with Crippen LogP contribution in [-0.4, -0.2) is 43.1 Å². The van der Waals surface area contributed by atoms with Gasteiger partial charge in [-0.25, -0.2) is 0 Å². The van der Waals surface area contributed by atoms with E-state index in [1.807, 2.05) is 111 Å². The van der Waals surface area contributed by atoms with Gasteiger partial charge in [0.2, 0.25) is 23.8 Å². The Kier molecular flexibility index (Phi) is 10.3. The van der Waals surface area contributed by atoms with Crippen LogP contribution < -0.4 is 31.6 Å². The second kappa shape index (κ2) is 15.3. The van der Waals surface area contributed by atoms with E-state index < -0.39 is 0 Å². The van der Waals surface area contributed by atoms with Crippen LogP contribution in [0.1, 0.15) is 13.8 Å². The summed E-state index contributed by atoms with van der Waals surface area (Å²) < 4.78 is 11.3. The third-order valence-corrected chi connectivity index (χ3v) is 9.08. The first-order valence-electron chi connectivity index (χ1n) is 15.0. The lowest BCUT2D eigenvalue weighted by Gasteiger charge is -2.13. The molecule has 6 aromatic rings. The van der Waals surface area contributed by atoms with Crippen molar-refractivity contribution >= 4 is 56.8 Å². The number of nitrogens with zero attached hydrogens (tertiary/aromatic N) is 6. The van der Waals surface area contributed by atoms with Gasteiger partial charge in [-0.3, -0.25) is 0 Å². The lowest BCUT2D eigenvalue weighted by atomic mass is 10.2. The number of rotatable bonds is 13. The van der Waals surface area contributed by atoms with Gasteiger partial charge in [0.05, 0.1) is 24.6 Å². The molecule has 0 aliphatic carbocycles. The van der Waals surface area contributed by atoms with E-state index in [2.05, 4.69) is 40.5 Å². The van der Waals surface area contributed by atoms with Crippen LogP contribution >= 0.6 is 21.6 Å². The quantitative estimate of drug-likeness (QED) is 0.0879. The number of aromatic nitrogens is 6. The van der Waals surface area contributed by atoms with Crippen molar-refractivity contribution in [1.82, 2.24) is 29.9 Å². The molecule has 48 heavy (non-hydrogen) atoms. The number of benzene rings is 4. The first kappa shape index (κ1) is 32.3. The fourth-order valence-electron chi connectivity index (χ4n) is 4.55. The van der Waals surface area contributed by atoms with Crippen LogP contribution in [0.3, 0.4) is 0 Å². The van der Waals surface area contributed by atoms with Crippen LogP contribution in [0.25, 0.3) is 22.8 Å². The molecule has 6 rings (SSSR count). The maximum atomic E-state index is 6.09. The summed E-state index contributed by atoms with van der Waals surface area (Å²) in [5.74, 6) is 3.20. The van der Waals surface area contributed by atoms with E-state index >= 15 is 0 Å². The molecule has 0 atom stereocenters. The van der Waals surface area contributed by atoms with E-state index in [1.165, 1.54) is 0 Å². The highest BCUT2D eigenvalue weighted by Crippen LogP contribution is 2.44. The predicted molar refractivity (Wildman–Crippen MR) is 193 cm³/mol. The van der Waals surface area contributed by atoms with E-state index in [9.17, 15) is 0 Å². The van der Waals surface area contributed by atoms with Gasteiger partial charge >= 0.3 is 0 Å². The van der Waals surface area contributed by atoms with E-state index in [-0.39, 0.29) is 11.9 Å². The van der Waals surface area contributed by atoms with Crippen LogP contribution in [0.15, 0.2) is 107 Å². The smallest absolute Gasteiger partial charge is 0.232 e. The number of nitrogens with one attached hydrogen (secondary N) is 2. The summed E-state index contributed by atoms with van der Waals surface area (Å²) in [7, 11) is 3.14. The molecule has 12 nitrogen and oxygen atoms in total. The van der Waals surface area contributed by atoms with Crippen molar-refractivity contribution in [2.45, 2.75) is 23.6 Å². The van der Waals surface area contributed by atoms with Crippen LogP contribution in [0.5, 0.6) is 11.5 Å². The first-order valence-corrected chi connectivity index (χ1v) is 17.2. The topological polar surface area (TPSA) is 172 Å². The standard InChI is InChI=1S/C34H32N10O2S2/c1-3-45-23-13-9-11-21(19-23)29-39-31(35)43-33(41-29)37-25-15-5-7-17-27(25)47-48-28-18-8-6-16-26(28)38-34-42-30(40-32(36)44-34)22-12-10-14-24(20-22)46-4-2/h5-20H,3-4H2,1-2H3,(H3,35,37,39,41,43)(H3,36,38,40,42,44). The highest BCUT2D eigenvalue weighted by molar-refractivity contribution is 8.76. The van der Waals surface area contributed by atoms with Gasteiger partial charge in [0.25, 0.3) is 0 Å². The van der Waals surface area contributed by atoms with E-state index in [0.717, 1.165) is 43.8 Å². The number of hydrogen-bond donors (Lipinski definition) is 4. The third kappa shape index (κ3) is 8.21. The largest absolute Gasteiger partial charge is 0.494 e. The molecule has 0 bridgehead atoms. The van der Waals surface area contributed by atoms with E-state index in [4.69, 9.17) is 20.9 Å². The number of anilines is 6. The molecule has 0 fully saturated rings. The number of para-hydroxylation sites is 2. The summed E-state index contributed by atoms with van der Waals surface area (Å²) in [4.78, 5) is 28.5. The normalized spacial score (nSPS) is 10.8. The monoisotopic (exact) mass is 676 g/mol. The Hall–Kier alpha value is -5.60. The Morgan fingerprint density at radius 2 is 0.979 bits per heavy atom. The summed E-state index contributed by atoms with van der Waals surface area (Å²) in [6.07, 6.45) is 0. The van der Waals surface area contributed by atoms with Crippen molar-refractivity contribution in [3.63, 3.8) is 0 Å². The van der Waals surface area contributed by atoms with Gasteiger partial charge in [-0.1, -0.05) is 70.1 Å². The zero-order chi connectivity index (χ0) is 33.3. The Labute approximate surface area is 285 Å². The summed E-state index contributed by atoms with van der Waals surface area (Å²) in [6, 6.07) is 30.9. The fraction of sp³-hybridized carbons (Fsp3) is 0.118. The van der Waals surface area contributed by atoms with Gasteiger partial charge in [0.15, 0.2) is 11.6 Å².